The quantitative estimate of drug-likeness (QED) is 0.297. The van der Waals surface area contributed by atoms with Gasteiger partial charge in [0.2, 0.25) is 0 Å². The standard InChI is InChI=1S/C28H26ClN3/c1-2-14-31(20-21-3-4-21)16-17-32-15-13-24-18-23(8-12-28(24)32)27-11-7-25(19-30-27)22-5-9-26(29)10-6-22/h1,5-13,15,18-19,21H,3-4,14,16-17,20H2. The van der Waals surface area contributed by atoms with Gasteiger partial charge < -0.3 is 4.57 Å². The molecular formula is C28H26ClN3. The zero-order valence-electron chi connectivity index (χ0n) is 18.0. The Bertz CT molecular complexity index is 1240. The summed E-state index contributed by atoms with van der Waals surface area (Å²) in [7, 11) is 0. The summed E-state index contributed by atoms with van der Waals surface area (Å²) >= 11 is 6.00. The predicted molar refractivity (Wildman–Crippen MR) is 134 cm³/mol. The highest BCUT2D eigenvalue weighted by Crippen LogP contribution is 2.30. The van der Waals surface area contributed by atoms with Crippen molar-refractivity contribution in [2.24, 2.45) is 5.92 Å². The Labute approximate surface area is 194 Å². The minimum Gasteiger partial charge on any atom is -0.346 e. The lowest BCUT2D eigenvalue weighted by Gasteiger charge is -2.20. The normalized spacial score (nSPS) is 13.5. The van der Waals surface area contributed by atoms with E-state index in [1.54, 1.807) is 0 Å². The van der Waals surface area contributed by atoms with E-state index in [0.717, 1.165) is 59.5 Å². The average Bonchev–Trinajstić information content (AvgIpc) is 3.55. The van der Waals surface area contributed by atoms with Gasteiger partial charge in [-0.3, -0.25) is 9.88 Å². The maximum Gasteiger partial charge on any atom is 0.0702 e. The fourth-order valence-corrected chi connectivity index (χ4v) is 4.34. The number of rotatable bonds is 8. The molecule has 2 aromatic carbocycles. The molecule has 1 saturated carbocycles. The predicted octanol–water partition coefficient (Wildman–Crippen LogP) is 6.37. The third-order valence-corrected chi connectivity index (χ3v) is 6.45. The molecule has 0 amide bonds. The van der Waals surface area contributed by atoms with E-state index >= 15 is 0 Å². The van der Waals surface area contributed by atoms with Crippen molar-refractivity contribution in [1.29, 1.82) is 0 Å². The number of benzene rings is 2. The highest BCUT2D eigenvalue weighted by atomic mass is 35.5. The molecule has 0 atom stereocenters. The van der Waals surface area contributed by atoms with Crippen LogP contribution in [0.3, 0.4) is 0 Å². The molecule has 1 fully saturated rings. The van der Waals surface area contributed by atoms with E-state index in [2.05, 4.69) is 58.0 Å². The number of hydrogen-bond donors (Lipinski definition) is 0. The molecule has 2 aromatic heterocycles. The summed E-state index contributed by atoms with van der Waals surface area (Å²) < 4.78 is 2.33. The number of halogens is 1. The van der Waals surface area contributed by atoms with E-state index in [-0.39, 0.29) is 0 Å². The van der Waals surface area contributed by atoms with E-state index in [1.807, 2.05) is 30.5 Å². The van der Waals surface area contributed by atoms with Gasteiger partial charge >= 0.3 is 0 Å². The summed E-state index contributed by atoms with van der Waals surface area (Å²) in [5.41, 5.74) is 5.54. The van der Waals surface area contributed by atoms with Gasteiger partial charge in [-0.15, -0.1) is 6.42 Å². The van der Waals surface area contributed by atoms with Gasteiger partial charge in [0, 0.05) is 59.1 Å². The van der Waals surface area contributed by atoms with Crippen LogP contribution >= 0.6 is 11.6 Å². The second-order valence-corrected chi connectivity index (χ2v) is 9.04. The topological polar surface area (TPSA) is 21.1 Å². The molecular weight excluding hydrogens is 414 g/mol. The summed E-state index contributed by atoms with van der Waals surface area (Å²) in [5.74, 6) is 3.67. The van der Waals surface area contributed by atoms with Gasteiger partial charge in [0.25, 0.3) is 0 Å². The van der Waals surface area contributed by atoms with Gasteiger partial charge in [-0.2, -0.15) is 0 Å². The molecule has 2 heterocycles. The van der Waals surface area contributed by atoms with Crippen LogP contribution in [0.5, 0.6) is 0 Å². The van der Waals surface area contributed by atoms with Crippen LogP contribution in [0.15, 0.2) is 73.1 Å². The molecule has 4 heteroatoms. The summed E-state index contributed by atoms with van der Waals surface area (Å²) in [6, 6.07) is 20.8. The van der Waals surface area contributed by atoms with Crippen LogP contribution in [-0.2, 0) is 6.54 Å². The molecule has 32 heavy (non-hydrogen) atoms. The van der Waals surface area contributed by atoms with E-state index in [1.165, 1.54) is 23.7 Å². The first-order valence-electron chi connectivity index (χ1n) is 11.2. The third-order valence-electron chi connectivity index (χ3n) is 6.19. The fraction of sp³-hybridized carbons (Fsp3) is 0.250. The highest BCUT2D eigenvalue weighted by Gasteiger charge is 2.23. The van der Waals surface area contributed by atoms with E-state index in [9.17, 15) is 0 Å². The maximum atomic E-state index is 6.00. The van der Waals surface area contributed by atoms with Crippen LogP contribution in [0.2, 0.25) is 5.02 Å². The number of fused-ring (bicyclic) bond motifs is 1. The fourth-order valence-electron chi connectivity index (χ4n) is 4.21. The van der Waals surface area contributed by atoms with Crippen LogP contribution in [0.25, 0.3) is 33.3 Å². The van der Waals surface area contributed by atoms with Crippen molar-refractivity contribution >= 4 is 22.5 Å². The second-order valence-electron chi connectivity index (χ2n) is 8.60. The molecule has 0 N–H and O–H groups in total. The van der Waals surface area contributed by atoms with Crippen LogP contribution in [0.1, 0.15) is 12.8 Å². The van der Waals surface area contributed by atoms with Crippen LogP contribution in [-0.4, -0.2) is 34.1 Å². The average molecular weight is 440 g/mol. The molecule has 0 saturated heterocycles. The Hall–Kier alpha value is -3.06. The number of hydrogen-bond acceptors (Lipinski definition) is 2. The van der Waals surface area contributed by atoms with Crippen LogP contribution in [0.4, 0.5) is 0 Å². The van der Waals surface area contributed by atoms with Crippen molar-refractivity contribution < 1.29 is 0 Å². The van der Waals surface area contributed by atoms with Gasteiger partial charge in [0.1, 0.15) is 0 Å². The molecule has 3 nitrogen and oxygen atoms in total. The van der Waals surface area contributed by atoms with Crippen molar-refractivity contribution in [3.8, 4) is 34.7 Å². The Balaban J connectivity index is 1.31. The van der Waals surface area contributed by atoms with Crippen molar-refractivity contribution in [3.05, 3.63) is 78.1 Å². The van der Waals surface area contributed by atoms with Crippen molar-refractivity contribution in [1.82, 2.24) is 14.5 Å². The number of pyridine rings is 1. The minimum atomic E-state index is 0.734. The lowest BCUT2D eigenvalue weighted by atomic mass is 10.1. The minimum absolute atomic E-state index is 0.734. The molecule has 1 aliphatic rings. The first kappa shape index (κ1) is 20.8. The van der Waals surface area contributed by atoms with Crippen molar-refractivity contribution in [3.63, 3.8) is 0 Å². The molecule has 5 rings (SSSR count). The van der Waals surface area contributed by atoms with Gasteiger partial charge in [-0.25, -0.2) is 0 Å². The van der Waals surface area contributed by atoms with Crippen molar-refractivity contribution in [2.45, 2.75) is 19.4 Å². The summed E-state index contributed by atoms with van der Waals surface area (Å²) in [4.78, 5) is 7.12. The zero-order valence-corrected chi connectivity index (χ0v) is 18.8. The number of aromatic nitrogens is 2. The Morgan fingerprint density at radius 2 is 1.78 bits per heavy atom. The lowest BCUT2D eigenvalue weighted by molar-refractivity contribution is 0.283. The Kier molecular flexibility index (Phi) is 5.99. The Morgan fingerprint density at radius 1 is 1.00 bits per heavy atom. The smallest absolute Gasteiger partial charge is 0.0702 e. The van der Waals surface area contributed by atoms with Crippen LogP contribution in [0, 0.1) is 18.3 Å². The number of terminal acetylenes is 1. The van der Waals surface area contributed by atoms with Crippen LogP contribution < -0.4 is 0 Å². The molecule has 1 aliphatic carbocycles. The summed E-state index contributed by atoms with van der Waals surface area (Å²) in [6.07, 6.45) is 12.4. The second kappa shape index (κ2) is 9.20. The first-order chi connectivity index (χ1) is 15.7. The molecule has 160 valence electrons. The monoisotopic (exact) mass is 439 g/mol. The highest BCUT2D eigenvalue weighted by molar-refractivity contribution is 6.30. The SMILES string of the molecule is C#CCN(CCn1ccc2cc(-c3ccc(-c4ccc(Cl)cc4)cn3)ccc21)CC1CC1. The Morgan fingerprint density at radius 3 is 2.50 bits per heavy atom. The molecule has 0 spiro atoms. The largest absolute Gasteiger partial charge is 0.346 e. The van der Waals surface area contributed by atoms with Gasteiger partial charge in [-0.1, -0.05) is 41.8 Å². The molecule has 4 aromatic rings. The molecule has 0 bridgehead atoms. The van der Waals surface area contributed by atoms with E-state index in [0.29, 0.717) is 0 Å². The van der Waals surface area contributed by atoms with Gasteiger partial charge in [0.05, 0.1) is 12.2 Å². The molecule has 0 aliphatic heterocycles. The molecule has 0 radical (unpaired) electrons. The summed E-state index contributed by atoms with van der Waals surface area (Å²) in [5, 5.41) is 1.97. The van der Waals surface area contributed by atoms with E-state index < -0.39 is 0 Å². The number of nitrogens with zero attached hydrogens (tertiary/aromatic N) is 3. The zero-order chi connectivity index (χ0) is 21.9. The summed E-state index contributed by atoms with van der Waals surface area (Å²) in [6.45, 7) is 3.80. The lowest BCUT2D eigenvalue weighted by Crippen LogP contribution is -2.29. The van der Waals surface area contributed by atoms with Gasteiger partial charge in [0.15, 0.2) is 0 Å². The van der Waals surface area contributed by atoms with Gasteiger partial charge in [-0.05, 0) is 60.7 Å². The van der Waals surface area contributed by atoms with E-state index in [4.69, 9.17) is 23.0 Å². The van der Waals surface area contributed by atoms with Crippen molar-refractivity contribution in [2.75, 3.05) is 19.6 Å². The maximum absolute atomic E-state index is 6.00. The molecule has 0 unspecified atom stereocenters. The third kappa shape index (κ3) is 4.72. The first-order valence-corrected chi connectivity index (χ1v) is 11.5.